The van der Waals surface area contributed by atoms with Crippen LogP contribution in [0.15, 0.2) is 42.5 Å². The minimum Gasteiger partial charge on any atom is -0.374 e. The highest BCUT2D eigenvalue weighted by Crippen LogP contribution is 2.33. The monoisotopic (exact) mass is 502 g/mol. The van der Waals surface area contributed by atoms with Gasteiger partial charge in [0.25, 0.3) is 5.91 Å². The van der Waals surface area contributed by atoms with Gasteiger partial charge in [0.15, 0.2) is 15.4 Å². The lowest BCUT2D eigenvalue weighted by atomic mass is 9.93. The molecule has 0 radical (unpaired) electrons. The number of alkyl halides is 3. The van der Waals surface area contributed by atoms with Crippen LogP contribution in [-0.4, -0.2) is 30.9 Å². The zero-order chi connectivity index (χ0) is 25.0. The Morgan fingerprint density at radius 1 is 1.15 bits per heavy atom. The Morgan fingerprint density at radius 3 is 2.21 bits per heavy atom. The van der Waals surface area contributed by atoms with E-state index in [1.807, 2.05) is 6.07 Å². The summed E-state index contributed by atoms with van der Waals surface area (Å²) in [5.41, 5.74) is -3.82. The second kappa shape index (κ2) is 10.1. The van der Waals surface area contributed by atoms with Gasteiger partial charge in [0.2, 0.25) is 0 Å². The van der Waals surface area contributed by atoms with E-state index in [4.69, 9.17) is 16.9 Å². The van der Waals surface area contributed by atoms with Crippen LogP contribution in [0.5, 0.6) is 0 Å². The number of nitriles is 1. The molecule has 0 aliphatic rings. The molecule has 178 valence electrons. The number of anilines is 1. The molecule has 2 rings (SSSR count). The molecule has 0 fully saturated rings. The average molecular weight is 503 g/mol. The van der Waals surface area contributed by atoms with E-state index in [9.17, 15) is 31.5 Å². The molecule has 0 saturated carbocycles. The summed E-state index contributed by atoms with van der Waals surface area (Å²) < 4.78 is 64.1. The van der Waals surface area contributed by atoms with Gasteiger partial charge in [-0.3, -0.25) is 4.79 Å². The number of carbonyl (C=O) groups is 1. The zero-order valence-corrected chi connectivity index (χ0v) is 19.4. The summed E-state index contributed by atoms with van der Waals surface area (Å²) in [5.74, 6) is -2.48. The number of nitrogens with zero attached hydrogens (tertiary/aromatic N) is 1. The van der Waals surface area contributed by atoms with Crippen molar-refractivity contribution in [2.24, 2.45) is 5.92 Å². The van der Waals surface area contributed by atoms with E-state index in [-0.39, 0.29) is 39.9 Å². The van der Waals surface area contributed by atoms with Crippen molar-refractivity contribution in [1.82, 2.24) is 0 Å². The van der Waals surface area contributed by atoms with E-state index in [0.717, 1.165) is 12.1 Å². The predicted octanol–water partition coefficient (Wildman–Crippen LogP) is 4.52. The fourth-order valence-corrected chi connectivity index (χ4v) is 5.07. The molecule has 2 aromatic rings. The fraction of sp³-hybridized carbons (Fsp3) is 0.364. The minimum atomic E-state index is -4.65. The summed E-state index contributed by atoms with van der Waals surface area (Å²) in [6.45, 7) is 3.61. The number of hydrogen-bond acceptors (Lipinski definition) is 5. The molecule has 11 heteroatoms. The summed E-state index contributed by atoms with van der Waals surface area (Å²) in [6, 6.07) is 8.76. The van der Waals surface area contributed by atoms with Gasteiger partial charge in [-0.15, -0.1) is 0 Å². The Morgan fingerprint density at radius 2 is 1.73 bits per heavy atom. The van der Waals surface area contributed by atoms with Gasteiger partial charge in [0.1, 0.15) is 6.07 Å². The zero-order valence-electron chi connectivity index (χ0n) is 17.8. The minimum absolute atomic E-state index is 0.0120. The number of halogens is 4. The van der Waals surface area contributed by atoms with Crippen molar-refractivity contribution in [3.05, 3.63) is 64.2 Å². The predicted molar refractivity (Wildman–Crippen MR) is 118 cm³/mol. The number of sulfone groups is 1. The summed E-state index contributed by atoms with van der Waals surface area (Å²) >= 11 is 5.94. The van der Waals surface area contributed by atoms with E-state index in [1.54, 1.807) is 13.8 Å². The van der Waals surface area contributed by atoms with Crippen molar-refractivity contribution in [1.29, 1.82) is 5.26 Å². The van der Waals surface area contributed by atoms with Crippen molar-refractivity contribution >= 4 is 33.0 Å². The maximum absolute atomic E-state index is 13.0. The molecular formula is C22H22ClF3N2O4S. The van der Waals surface area contributed by atoms with Gasteiger partial charge >= 0.3 is 6.18 Å². The largest absolute Gasteiger partial charge is 0.416 e. The first kappa shape index (κ1) is 26.6. The number of hydrogen-bond donors (Lipinski definition) is 2. The fourth-order valence-electron chi connectivity index (χ4n) is 2.94. The van der Waals surface area contributed by atoms with E-state index < -0.39 is 38.8 Å². The molecule has 2 N–H and O–H groups in total. The first-order chi connectivity index (χ1) is 15.2. The molecule has 0 bridgehead atoms. The number of nitrogens with one attached hydrogen (secondary N) is 1. The smallest absolute Gasteiger partial charge is 0.374 e. The van der Waals surface area contributed by atoms with E-state index in [0.29, 0.717) is 12.1 Å². The van der Waals surface area contributed by atoms with Crippen molar-refractivity contribution < 1.29 is 31.5 Å². The number of aliphatic hydroxyl groups is 1. The van der Waals surface area contributed by atoms with Gasteiger partial charge in [-0.05, 0) is 48.2 Å². The molecule has 0 spiro atoms. The van der Waals surface area contributed by atoms with Crippen molar-refractivity contribution in [3.63, 3.8) is 0 Å². The number of rotatable bonds is 8. The van der Waals surface area contributed by atoms with Gasteiger partial charge in [-0.25, -0.2) is 8.42 Å². The van der Waals surface area contributed by atoms with E-state index in [1.165, 1.54) is 18.2 Å². The Hall–Kier alpha value is -2.61. The topological polar surface area (TPSA) is 107 Å². The molecule has 0 aliphatic carbocycles. The maximum Gasteiger partial charge on any atom is 0.416 e. The van der Waals surface area contributed by atoms with Gasteiger partial charge in [0, 0.05) is 5.69 Å². The van der Waals surface area contributed by atoms with Crippen LogP contribution in [0, 0.1) is 17.2 Å². The SMILES string of the molecule is CC(C)CCS(=O)(=O)CC(O)(C(=O)Nc1ccc(C#N)c(Cl)c1)c1ccc(C(F)(F)F)cc1. The first-order valence-corrected chi connectivity index (χ1v) is 12.0. The standard InChI is InChI=1S/C22H22ClF3N2O4S/c1-14(2)9-10-33(31,32)13-21(30,16-4-6-17(7-5-16)22(24,25)26)20(29)28-18-8-3-15(12-27)19(23)11-18/h3-8,11,14,30H,9-10,13H2,1-2H3,(H,28,29). The molecule has 6 nitrogen and oxygen atoms in total. The van der Waals surface area contributed by atoms with Crippen LogP contribution in [-0.2, 0) is 26.4 Å². The van der Waals surface area contributed by atoms with Crippen LogP contribution >= 0.6 is 11.6 Å². The molecule has 1 unspecified atom stereocenters. The second-order valence-electron chi connectivity index (χ2n) is 7.97. The Bertz CT molecular complexity index is 1160. The van der Waals surface area contributed by atoms with Gasteiger partial charge in [-0.2, -0.15) is 18.4 Å². The normalized spacial score (nSPS) is 13.9. The molecule has 0 aliphatic heterocycles. The number of carbonyl (C=O) groups excluding carboxylic acids is 1. The molecule has 2 aromatic carbocycles. The van der Waals surface area contributed by atoms with E-state index >= 15 is 0 Å². The highest BCUT2D eigenvalue weighted by molar-refractivity contribution is 7.91. The summed E-state index contributed by atoms with van der Waals surface area (Å²) in [6.07, 6.45) is -4.38. The lowest BCUT2D eigenvalue weighted by Crippen LogP contribution is -2.46. The molecule has 1 amide bonds. The Balaban J connectivity index is 2.46. The molecule has 0 saturated heterocycles. The van der Waals surface area contributed by atoms with Crippen LogP contribution < -0.4 is 5.32 Å². The van der Waals surface area contributed by atoms with Gasteiger partial charge < -0.3 is 10.4 Å². The molecular weight excluding hydrogens is 481 g/mol. The molecule has 1 atom stereocenters. The molecule has 0 aromatic heterocycles. The van der Waals surface area contributed by atoms with Crippen LogP contribution in [0.25, 0.3) is 0 Å². The van der Waals surface area contributed by atoms with Crippen molar-refractivity contribution in [2.45, 2.75) is 32.0 Å². The van der Waals surface area contributed by atoms with Crippen molar-refractivity contribution in [2.75, 3.05) is 16.8 Å². The van der Waals surface area contributed by atoms with Crippen LogP contribution in [0.3, 0.4) is 0 Å². The quantitative estimate of drug-likeness (QED) is 0.552. The maximum atomic E-state index is 13.0. The Kier molecular flexibility index (Phi) is 8.17. The summed E-state index contributed by atoms with van der Waals surface area (Å²) in [5, 5.41) is 22.5. The number of amides is 1. The third kappa shape index (κ3) is 6.93. The third-order valence-corrected chi connectivity index (χ3v) is 6.88. The van der Waals surface area contributed by atoms with Gasteiger partial charge in [0.05, 0.1) is 27.7 Å². The second-order valence-corrected chi connectivity index (χ2v) is 10.6. The highest BCUT2D eigenvalue weighted by atomic mass is 35.5. The van der Waals surface area contributed by atoms with Gasteiger partial charge in [-0.1, -0.05) is 37.6 Å². The van der Waals surface area contributed by atoms with Crippen molar-refractivity contribution in [3.8, 4) is 6.07 Å². The highest BCUT2D eigenvalue weighted by Gasteiger charge is 2.43. The molecule has 33 heavy (non-hydrogen) atoms. The Labute approximate surface area is 194 Å². The lowest BCUT2D eigenvalue weighted by molar-refractivity contribution is -0.137. The summed E-state index contributed by atoms with van der Waals surface area (Å²) in [4.78, 5) is 13.0. The van der Waals surface area contributed by atoms with Crippen LogP contribution in [0.4, 0.5) is 18.9 Å². The van der Waals surface area contributed by atoms with Crippen LogP contribution in [0.2, 0.25) is 5.02 Å². The third-order valence-electron chi connectivity index (χ3n) is 4.85. The lowest BCUT2D eigenvalue weighted by Gasteiger charge is -2.28. The number of benzene rings is 2. The first-order valence-electron chi connectivity index (χ1n) is 9.79. The average Bonchev–Trinajstić information content (AvgIpc) is 2.71. The van der Waals surface area contributed by atoms with E-state index in [2.05, 4.69) is 5.32 Å². The summed E-state index contributed by atoms with van der Waals surface area (Å²) in [7, 11) is -3.98. The van der Waals surface area contributed by atoms with Crippen LogP contribution in [0.1, 0.15) is 37.0 Å². The molecule has 0 heterocycles.